The molecule has 3 rings (SSSR count). The van der Waals surface area contributed by atoms with Crippen molar-refractivity contribution in [1.29, 1.82) is 0 Å². The molecule has 1 heterocycles. The fourth-order valence-electron chi connectivity index (χ4n) is 5.09. The lowest BCUT2D eigenvalue weighted by Gasteiger charge is -2.38. The minimum Gasteiger partial charge on any atom is -0.202 e. The van der Waals surface area contributed by atoms with Gasteiger partial charge in [-0.05, 0) is 68.3 Å². The lowest BCUT2D eigenvalue weighted by Crippen LogP contribution is -2.25. The molecule has 140 valence electrons. The summed E-state index contributed by atoms with van der Waals surface area (Å²) in [4.78, 5) is 3.08. The Morgan fingerprint density at radius 3 is 2.08 bits per heavy atom. The van der Waals surface area contributed by atoms with Crippen LogP contribution in [0.3, 0.4) is 0 Å². The van der Waals surface area contributed by atoms with E-state index in [-0.39, 0.29) is 11.5 Å². The van der Waals surface area contributed by atoms with E-state index in [1.807, 2.05) is 0 Å². The highest BCUT2D eigenvalue weighted by molar-refractivity contribution is 5.19. The summed E-state index contributed by atoms with van der Waals surface area (Å²) in [5.41, 5.74) is 0.264. The van der Waals surface area contributed by atoms with Gasteiger partial charge in [-0.25, -0.2) is 4.39 Å². The number of hydrogen-bond donors (Lipinski definition) is 0. The highest BCUT2D eigenvalue weighted by atomic mass is 19.2. The van der Waals surface area contributed by atoms with Crippen LogP contribution in [0, 0.1) is 35.5 Å². The molecule has 2 aliphatic rings. The van der Waals surface area contributed by atoms with Gasteiger partial charge in [0, 0.05) is 5.56 Å². The van der Waals surface area contributed by atoms with Gasteiger partial charge < -0.3 is 0 Å². The lowest BCUT2D eigenvalue weighted by atomic mass is 9.68. The molecule has 0 N–H and O–H groups in total. The quantitative estimate of drug-likeness (QED) is 0.532. The summed E-state index contributed by atoms with van der Waals surface area (Å²) in [6.07, 6.45) is 13.3. The maximum Gasteiger partial charge on any atom is 0.251 e. The number of pyridine rings is 1. The van der Waals surface area contributed by atoms with E-state index in [0.29, 0.717) is 0 Å². The number of aromatic nitrogens is 1. The normalized spacial score (nSPS) is 30.4. The zero-order chi connectivity index (χ0) is 17.8. The molecule has 0 saturated heterocycles. The van der Waals surface area contributed by atoms with Crippen molar-refractivity contribution in [3.63, 3.8) is 0 Å². The first-order chi connectivity index (χ1) is 12.1. The SMILES string of the molecule is CCCCC1CCC(C2CCC(c3cc(F)c(F)nc3F)CC2)CC1. The Morgan fingerprint density at radius 2 is 1.48 bits per heavy atom. The van der Waals surface area contributed by atoms with Crippen LogP contribution in [0.15, 0.2) is 6.07 Å². The van der Waals surface area contributed by atoms with Gasteiger partial charge in [0.1, 0.15) is 0 Å². The molecule has 4 heteroatoms. The van der Waals surface area contributed by atoms with E-state index in [9.17, 15) is 13.2 Å². The van der Waals surface area contributed by atoms with Crippen molar-refractivity contribution in [1.82, 2.24) is 4.98 Å². The van der Waals surface area contributed by atoms with E-state index in [2.05, 4.69) is 11.9 Å². The van der Waals surface area contributed by atoms with E-state index < -0.39 is 17.7 Å². The first-order valence-electron chi connectivity index (χ1n) is 10.1. The molecule has 0 amide bonds. The molecule has 1 aromatic heterocycles. The minimum absolute atomic E-state index is 0.0141. The molecule has 0 radical (unpaired) electrons. The second kappa shape index (κ2) is 8.55. The molecule has 0 aliphatic heterocycles. The maximum atomic E-state index is 13.9. The summed E-state index contributed by atoms with van der Waals surface area (Å²) in [6.45, 7) is 2.26. The summed E-state index contributed by atoms with van der Waals surface area (Å²) in [7, 11) is 0. The molecule has 2 saturated carbocycles. The van der Waals surface area contributed by atoms with E-state index in [0.717, 1.165) is 49.5 Å². The summed E-state index contributed by atoms with van der Waals surface area (Å²) >= 11 is 0. The number of nitrogens with zero attached hydrogens (tertiary/aromatic N) is 1. The standard InChI is InChI=1S/C21H30F3N/c1-2-3-4-14-5-7-15(8-6-14)16-9-11-17(12-10-16)18-13-19(22)21(24)25-20(18)23/h13-17H,2-12H2,1H3. The third-order valence-corrected chi connectivity index (χ3v) is 6.65. The fourth-order valence-corrected chi connectivity index (χ4v) is 5.09. The Labute approximate surface area is 149 Å². The van der Waals surface area contributed by atoms with Crippen LogP contribution >= 0.6 is 0 Å². The summed E-state index contributed by atoms with van der Waals surface area (Å²) in [5.74, 6) is -0.761. The summed E-state index contributed by atoms with van der Waals surface area (Å²) < 4.78 is 40.3. The van der Waals surface area contributed by atoms with Crippen molar-refractivity contribution in [2.24, 2.45) is 17.8 Å². The largest absolute Gasteiger partial charge is 0.251 e. The molecular weight excluding hydrogens is 323 g/mol. The predicted octanol–water partition coefficient (Wildman–Crippen LogP) is 6.77. The Kier molecular flexibility index (Phi) is 6.40. The molecule has 1 aromatic rings. The van der Waals surface area contributed by atoms with Gasteiger partial charge in [0.05, 0.1) is 0 Å². The minimum atomic E-state index is -1.34. The highest BCUT2D eigenvalue weighted by Crippen LogP contribution is 2.44. The van der Waals surface area contributed by atoms with Gasteiger partial charge in [-0.2, -0.15) is 13.8 Å². The van der Waals surface area contributed by atoms with E-state index in [1.54, 1.807) is 0 Å². The van der Waals surface area contributed by atoms with Gasteiger partial charge in [-0.15, -0.1) is 0 Å². The molecule has 0 spiro atoms. The van der Waals surface area contributed by atoms with Crippen LogP contribution in [0.5, 0.6) is 0 Å². The fraction of sp³-hybridized carbons (Fsp3) is 0.762. The Hall–Kier alpha value is -1.06. The first kappa shape index (κ1) is 18.7. The molecular formula is C21H30F3N. The van der Waals surface area contributed by atoms with Gasteiger partial charge in [-0.3, -0.25) is 0 Å². The average Bonchev–Trinajstić information content (AvgIpc) is 2.64. The van der Waals surface area contributed by atoms with Crippen LogP contribution in [-0.4, -0.2) is 4.98 Å². The van der Waals surface area contributed by atoms with Gasteiger partial charge in [0.2, 0.25) is 5.95 Å². The third-order valence-electron chi connectivity index (χ3n) is 6.65. The number of unbranched alkanes of at least 4 members (excludes halogenated alkanes) is 1. The number of halogens is 3. The molecule has 25 heavy (non-hydrogen) atoms. The highest BCUT2D eigenvalue weighted by Gasteiger charge is 2.32. The van der Waals surface area contributed by atoms with Crippen molar-refractivity contribution in [2.75, 3.05) is 0 Å². The van der Waals surface area contributed by atoms with Crippen LogP contribution in [0.2, 0.25) is 0 Å². The zero-order valence-electron chi connectivity index (χ0n) is 15.2. The van der Waals surface area contributed by atoms with E-state index in [1.165, 1.54) is 44.9 Å². The van der Waals surface area contributed by atoms with Crippen molar-refractivity contribution in [3.8, 4) is 0 Å². The van der Waals surface area contributed by atoms with Gasteiger partial charge in [0.15, 0.2) is 5.82 Å². The van der Waals surface area contributed by atoms with Gasteiger partial charge >= 0.3 is 0 Å². The van der Waals surface area contributed by atoms with E-state index >= 15 is 0 Å². The topological polar surface area (TPSA) is 12.9 Å². The van der Waals surface area contributed by atoms with Crippen LogP contribution in [0.25, 0.3) is 0 Å². The van der Waals surface area contributed by atoms with Crippen LogP contribution in [0.1, 0.15) is 89.0 Å². The Balaban J connectivity index is 1.50. The maximum absolute atomic E-state index is 13.9. The summed E-state index contributed by atoms with van der Waals surface area (Å²) in [6, 6.07) is 1.02. The number of rotatable bonds is 5. The van der Waals surface area contributed by atoms with E-state index in [4.69, 9.17) is 0 Å². The smallest absolute Gasteiger partial charge is 0.202 e. The Bertz CT molecular complexity index is 559. The van der Waals surface area contributed by atoms with Crippen molar-refractivity contribution in [3.05, 3.63) is 29.3 Å². The third kappa shape index (κ3) is 4.57. The summed E-state index contributed by atoms with van der Waals surface area (Å²) in [5, 5.41) is 0. The second-order valence-electron chi connectivity index (χ2n) is 8.18. The second-order valence-corrected chi connectivity index (χ2v) is 8.18. The lowest BCUT2D eigenvalue weighted by molar-refractivity contribution is 0.155. The van der Waals surface area contributed by atoms with Crippen LogP contribution in [-0.2, 0) is 0 Å². The molecule has 0 unspecified atom stereocenters. The van der Waals surface area contributed by atoms with Crippen molar-refractivity contribution >= 4 is 0 Å². The molecule has 0 atom stereocenters. The van der Waals surface area contributed by atoms with Gasteiger partial charge in [-0.1, -0.05) is 39.0 Å². The average molecular weight is 353 g/mol. The molecule has 1 nitrogen and oxygen atoms in total. The Morgan fingerprint density at radius 1 is 0.880 bits per heavy atom. The molecule has 2 aliphatic carbocycles. The molecule has 2 fully saturated rings. The first-order valence-corrected chi connectivity index (χ1v) is 10.1. The van der Waals surface area contributed by atoms with Crippen LogP contribution < -0.4 is 0 Å². The number of hydrogen-bond acceptors (Lipinski definition) is 1. The zero-order valence-corrected chi connectivity index (χ0v) is 15.2. The monoisotopic (exact) mass is 353 g/mol. The van der Waals surface area contributed by atoms with Crippen molar-refractivity contribution < 1.29 is 13.2 Å². The van der Waals surface area contributed by atoms with Crippen LogP contribution in [0.4, 0.5) is 13.2 Å². The predicted molar refractivity (Wildman–Crippen MR) is 93.8 cm³/mol. The molecule has 0 bridgehead atoms. The molecule has 0 aromatic carbocycles. The van der Waals surface area contributed by atoms with Gasteiger partial charge in [0.25, 0.3) is 5.95 Å². The van der Waals surface area contributed by atoms with Crippen molar-refractivity contribution in [2.45, 2.75) is 83.5 Å².